The molecule has 0 saturated carbocycles. The summed E-state index contributed by atoms with van der Waals surface area (Å²) in [5.74, 6) is -0.108. The molecule has 170 valence electrons. The number of rotatable bonds is 10. The summed E-state index contributed by atoms with van der Waals surface area (Å²) >= 11 is 0. The SMILES string of the molecule is COc1cc(CNC(Cc2c[nH]c3ccccc23)C(=O)O)ccc1OCc1ccc(F)cc1. The van der Waals surface area contributed by atoms with Gasteiger partial charge in [0, 0.05) is 30.1 Å². The van der Waals surface area contributed by atoms with E-state index >= 15 is 0 Å². The van der Waals surface area contributed by atoms with E-state index in [0.29, 0.717) is 24.5 Å². The molecule has 33 heavy (non-hydrogen) atoms. The zero-order valence-electron chi connectivity index (χ0n) is 18.2. The lowest BCUT2D eigenvalue weighted by Crippen LogP contribution is -2.38. The molecule has 0 bridgehead atoms. The maximum Gasteiger partial charge on any atom is 0.321 e. The average molecular weight is 448 g/mol. The van der Waals surface area contributed by atoms with Gasteiger partial charge in [-0.15, -0.1) is 0 Å². The third kappa shape index (κ3) is 5.51. The first-order valence-electron chi connectivity index (χ1n) is 10.6. The summed E-state index contributed by atoms with van der Waals surface area (Å²) in [5, 5.41) is 13.9. The molecule has 7 heteroatoms. The molecular weight excluding hydrogens is 423 g/mol. The largest absolute Gasteiger partial charge is 0.493 e. The smallest absolute Gasteiger partial charge is 0.321 e. The van der Waals surface area contributed by atoms with Crippen LogP contribution < -0.4 is 14.8 Å². The Balaban J connectivity index is 1.40. The number of aliphatic carboxylic acids is 1. The first-order chi connectivity index (χ1) is 16.0. The van der Waals surface area contributed by atoms with Crippen molar-refractivity contribution in [3.63, 3.8) is 0 Å². The zero-order valence-corrected chi connectivity index (χ0v) is 18.2. The topological polar surface area (TPSA) is 83.6 Å². The first-order valence-corrected chi connectivity index (χ1v) is 10.6. The van der Waals surface area contributed by atoms with Crippen LogP contribution in [0.15, 0.2) is 72.9 Å². The molecule has 4 rings (SSSR count). The van der Waals surface area contributed by atoms with Gasteiger partial charge in [0.2, 0.25) is 0 Å². The molecular formula is C26H25FN2O4. The van der Waals surface area contributed by atoms with E-state index in [9.17, 15) is 14.3 Å². The minimum Gasteiger partial charge on any atom is -0.493 e. The summed E-state index contributed by atoms with van der Waals surface area (Å²) in [6, 6.07) is 18.7. The van der Waals surface area contributed by atoms with Gasteiger partial charge < -0.3 is 24.9 Å². The van der Waals surface area contributed by atoms with Crippen LogP contribution >= 0.6 is 0 Å². The number of carboxylic acids is 1. The van der Waals surface area contributed by atoms with Gasteiger partial charge in [0.05, 0.1) is 7.11 Å². The minimum absolute atomic E-state index is 0.278. The van der Waals surface area contributed by atoms with Crippen molar-refractivity contribution < 1.29 is 23.8 Å². The van der Waals surface area contributed by atoms with E-state index in [1.54, 1.807) is 25.3 Å². The van der Waals surface area contributed by atoms with Crippen LogP contribution in [0.3, 0.4) is 0 Å². The number of carboxylic acid groups (broad SMARTS) is 1. The lowest BCUT2D eigenvalue weighted by molar-refractivity contribution is -0.139. The third-order valence-corrected chi connectivity index (χ3v) is 5.49. The maximum absolute atomic E-state index is 13.1. The van der Waals surface area contributed by atoms with Crippen LogP contribution in [-0.4, -0.2) is 29.2 Å². The highest BCUT2D eigenvalue weighted by Crippen LogP contribution is 2.29. The van der Waals surface area contributed by atoms with Gasteiger partial charge in [0.1, 0.15) is 18.5 Å². The summed E-state index contributed by atoms with van der Waals surface area (Å²) in [6.45, 7) is 0.633. The molecule has 0 saturated heterocycles. The number of halogens is 1. The molecule has 0 radical (unpaired) electrons. The summed E-state index contributed by atoms with van der Waals surface area (Å²) in [6.07, 6.45) is 2.22. The van der Waals surface area contributed by atoms with Crippen molar-refractivity contribution in [3.05, 3.63) is 95.4 Å². The summed E-state index contributed by atoms with van der Waals surface area (Å²) in [7, 11) is 1.55. The number of carbonyl (C=O) groups is 1. The van der Waals surface area contributed by atoms with Crippen LogP contribution in [0.4, 0.5) is 4.39 Å². The zero-order chi connectivity index (χ0) is 23.2. The van der Waals surface area contributed by atoms with Crippen LogP contribution in [0.5, 0.6) is 11.5 Å². The van der Waals surface area contributed by atoms with Crippen LogP contribution in [0.25, 0.3) is 10.9 Å². The van der Waals surface area contributed by atoms with Gasteiger partial charge in [0.15, 0.2) is 11.5 Å². The summed E-state index contributed by atoms with van der Waals surface area (Å²) < 4.78 is 24.3. The second-order valence-electron chi connectivity index (χ2n) is 7.74. The Labute approximate surface area is 191 Å². The van der Waals surface area contributed by atoms with Crippen molar-refractivity contribution in [1.29, 1.82) is 0 Å². The molecule has 0 amide bonds. The Morgan fingerprint density at radius 2 is 1.82 bits per heavy atom. The fourth-order valence-corrected chi connectivity index (χ4v) is 3.69. The summed E-state index contributed by atoms with van der Waals surface area (Å²) in [4.78, 5) is 15.0. The first kappa shape index (κ1) is 22.4. The number of aromatic amines is 1. The summed E-state index contributed by atoms with van der Waals surface area (Å²) in [5.41, 5.74) is 3.64. The lowest BCUT2D eigenvalue weighted by atomic mass is 10.0. The Morgan fingerprint density at radius 1 is 1.06 bits per heavy atom. The fourth-order valence-electron chi connectivity index (χ4n) is 3.69. The van der Waals surface area contributed by atoms with Gasteiger partial charge in [-0.05, 0) is 47.0 Å². The molecule has 0 aliphatic rings. The van der Waals surface area contributed by atoms with Gasteiger partial charge in [-0.3, -0.25) is 4.79 Å². The quantitative estimate of drug-likeness (QED) is 0.328. The number of para-hydroxylation sites is 1. The Morgan fingerprint density at radius 3 is 2.58 bits per heavy atom. The van der Waals surface area contributed by atoms with Crippen molar-refractivity contribution in [3.8, 4) is 11.5 Å². The number of nitrogens with one attached hydrogen (secondary N) is 2. The molecule has 3 N–H and O–H groups in total. The van der Waals surface area contributed by atoms with E-state index in [4.69, 9.17) is 9.47 Å². The van der Waals surface area contributed by atoms with E-state index in [0.717, 1.165) is 27.6 Å². The molecule has 3 aromatic carbocycles. The monoisotopic (exact) mass is 448 g/mol. The second-order valence-corrected chi connectivity index (χ2v) is 7.74. The van der Waals surface area contributed by atoms with Crippen molar-refractivity contribution in [2.75, 3.05) is 7.11 Å². The lowest BCUT2D eigenvalue weighted by Gasteiger charge is -2.16. The van der Waals surface area contributed by atoms with Gasteiger partial charge >= 0.3 is 5.97 Å². The number of fused-ring (bicyclic) bond motifs is 1. The van der Waals surface area contributed by atoms with Crippen LogP contribution in [0.1, 0.15) is 16.7 Å². The van der Waals surface area contributed by atoms with Crippen LogP contribution in [0.2, 0.25) is 0 Å². The highest BCUT2D eigenvalue weighted by Gasteiger charge is 2.19. The second kappa shape index (κ2) is 10.2. The van der Waals surface area contributed by atoms with Crippen molar-refractivity contribution in [1.82, 2.24) is 10.3 Å². The highest BCUT2D eigenvalue weighted by molar-refractivity contribution is 5.84. The molecule has 1 aromatic heterocycles. The maximum atomic E-state index is 13.1. The van der Waals surface area contributed by atoms with Gasteiger partial charge in [-0.25, -0.2) is 4.39 Å². The predicted octanol–water partition coefficient (Wildman–Crippen LogP) is 4.68. The molecule has 1 atom stereocenters. The molecule has 1 heterocycles. The standard InChI is InChI=1S/C26H25FN2O4/c1-32-25-12-18(8-11-24(25)33-16-17-6-9-20(27)10-7-17)14-28-23(26(30)31)13-19-15-29-22-5-3-2-4-21(19)22/h2-12,15,23,28-29H,13-14,16H2,1H3,(H,30,31). The van der Waals surface area contributed by atoms with Crippen molar-refractivity contribution in [2.24, 2.45) is 0 Å². The molecule has 0 aliphatic heterocycles. The van der Waals surface area contributed by atoms with Crippen molar-refractivity contribution >= 4 is 16.9 Å². The fraction of sp³-hybridized carbons (Fsp3) is 0.192. The Kier molecular flexibility index (Phi) is 6.90. The molecule has 0 fully saturated rings. The van der Waals surface area contributed by atoms with E-state index in [1.165, 1.54) is 12.1 Å². The minimum atomic E-state index is -0.911. The number of H-pyrrole nitrogens is 1. The molecule has 1 unspecified atom stereocenters. The number of ether oxygens (including phenoxy) is 2. The Bertz CT molecular complexity index is 1240. The normalized spacial score (nSPS) is 11.9. The molecule has 0 aliphatic carbocycles. The molecule has 6 nitrogen and oxygen atoms in total. The number of aromatic nitrogens is 1. The van der Waals surface area contributed by atoms with Crippen molar-refractivity contribution in [2.45, 2.75) is 25.6 Å². The number of methoxy groups -OCH3 is 1. The van der Waals surface area contributed by atoms with E-state index in [1.807, 2.05) is 42.6 Å². The van der Waals surface area contributed by atoms with E-state index in [-0.39, 0.29) is 12.4 Å². The van der Waals surface area contributed by atoms with Gasteiger partial charge in [0.25, 0.3) is 0 Å². The van der Waals surface area contributed by atoms with Gasteiger partial charge in [-0.2, -0.15) is 0 Å². The molecule has 4 aromatic rings. The Hall–Kier alpha value is -3.84. The third-order valence-electron chi connectivity index (χ3n) is 5.49. The van der Waals surface area contributed by atoms with Crippen LogP contribution in [0, 0.1) is 5.82 Å². The number of hydrogen-bond acceptors (Lipinski definition) is 4. The van der Waals surface area contributed by atoms with Crippen LogP contribution in [-0.2, 0) is 24.4 Å². The predicted molar refractivity (Wildman–Crippen MR) is 124 cm³/mol. The average Bonchev–Trinajstić information content (AvgIpc) is 3.24. The van der Waals surface area contributed by atoms with E-state index < -0.39 is 12.0 Å². The van der Waals surface area contributed by atoms with Gasteiger partial charge in [-0.1, -0.05) is 36.4 Å². The number of hydrogen-bond donors (Lipinski definition) is 3. The highest BCUT2D eigenvalue weighted by atomic mass is 19.1. The van der Waals surface area contributed by atoms with E-state index in [2.05, 4.69) is 10.3 Å². The molecule has 0 spiro atoms. The number of benzene rings is 3.